The molecule has 0 aromatic rings. The van der Waals surface area contributed by atoms with E-state index in [1.165, 1.54) is 0 Å². The normalized spacial score (nSPS) is 29.0. The van der Waals surface area contributed by atoms with Crippen molar-refractivity contribution in [2.75, 3.05) is 6.54 Å². The van der Waals surface area contributed by atoms with Crippen LogP contribution in [0.15, 0.2) is 0 Å². The van der Waals surface area contributed by atoms with Gasteiger partial charge in [-0.2, -0.15) is 0 Å². The number of rotatable bonds is 5. The predicted molar refractivity (Wildman–Crippen MR) is 61.9 cm³/mol. The monoisotopic (exact) mass is 215 g/mol. The van der Waals surface area contributed by atoms with E-state index in [4.69, 9.17) is 4.74 Å². The third-order valence-electron chi connectivity index (χ3n) is 2.94. The number of hydrogen-bond acceptors (Lipinski definition) is 3. The molecule has 1 heterocycles. The molecule has 0 aliphatic carbocycles. The molecule has 2 N–H and O–H groups in total. The molecule has 0 radical (unpaired) electrons. The zero-order chi connectivity index (χ0) is 11.5. The molecular weight excluding hydrogens is 190 g/mol. The molecule has 3 heteroatoms. The van der Waals surface area contributed by atoms with E-state index in [1.54, 1.807) is 0 Å². The van der Waals surface area contributed by atoms with Gasteiger partial charge in [-0.15, -0.1) is 0 Å². The van der Waals surface area contributed by atoms with Crippen molar-refractivity contribution in [2.45, 2.75) is 70.8 Å². The van der Waals surface area contributed by atoms with Crippen LogP contribution in [0.2, 0.25) is 0 Å². The summed E-state index contributed by atoms with van der Waals surface area (Å²) < 4.78 is 5.88. The van der Waals surface area contributed by atoms with Crippen molar-refractivity contribution < 1.29 is 9.84 Å². The van der Waals surface area contributed by atoms with Gasteiger partial charge in [-0.1, -0.05) is 0 Å². The minimum atomic E-state index is -0.228. The summed E-state index contributed by atoms with van der Waals surface area (Å²) in [6.07, 6.45) is 3.20. The Bertz CT molecular complexity index is 192. The van der Waals surface area contributed by atoms with Gasteiger partial charge in [-0.3, -0.25) is 0 Å². The van der Waals surface area contributed by atoms with Crippen molar-refractivity contribution in [1.82, 2.24) is 5.32 Å². The highest BCUT2D eigenvalue weighted by molar-refractivity contribution is 4.82. The van der Waals surface area contributed by atoms with Crippen LogP contribution in [0.1, 0.15) is 47.0 Å². The van der Waals surface area contributed by atoms with E-state index >= 15 is 0 Å². The zero-order valence-corrected chi connectivity index (χ0v) is 10.4. The van der Waals surface area contributed by atoms with Crippen molar-refractivity contribution in [3.63, 3.8) is 0 Å². The molecule has 90 valence electrons. The highest BCUT2D eigenvalue weighted by Crippen LogP contribution is 2.28. The number of ether oxygens (including phenoxy) is 1. The van der Waals surface area contributed by atoms with Gasteiger partial charge in [-0.05, 0) is 47.0 Å². The molecule has 3 atom stereocenters. The Balaban J connectivity index is 2.15. The first-order valence-electron chi connectivity index (χ1n) is 5.98. The van der Waals surface area contributed by atoms with Crippen LogP contribution in [0.4, 0.5) is 0 Å². The van der Waals surface area contributed by atoms with E-state index in [0.717, 1.165) is 25.8 Å². The first-order chi connectivity index (χ1) is 6.89. The van der Waals surface area contributed by atoms with E-state index in [0.29, 0.717) is 12.1 Å². The molecule has 0 spiro atoms. The van der Waals surface area contributed by atoms with Crippen LogP contribution >= 0.6 is 0 Å². The quantitative estimate of drug-likeness (QED) is 0.733. The summed E-state index contributed by atoms with van der Waals surface area (Å²) in [4.78, 5) is 0. The second kappa shape index (κ2) is 5.28. The minimum absolute atomic E-state index is 0.0554. The summed E-state index contributed by atoms with van der Waals surface area (Å²) in [7, 11) is 0. The SMILES string of the molecule is CC(O)CC(C)NCC1CCC(C)(C)O1. The third-order valence-corrected chi connectivity index (χ3v) is 2.94. The second-order valence-corrected chi connectivity index (χ2v) is 5.43. The average Bonchev–Trinajstić information content (AvgIpc) is 2.41. The lowest BCUT2D eigenvalue weighted by atomic mass is 10.1. The van der Waals surface area contributed by atoms with Crippen LogP contribution in [0.25, 0.3) is 0 Å². The van der Waals surface area contributed by atoms with Crippen LogP contribution in [-0.4, -0.2) is 35.5 Å². The maximum absolute atomic E-state index is 9.23. The standard InChI is InChI=1S/C12H25NO2/c1-9(7-10(2)14)13-8-11-5-6-12(3,4)15-11/h9-11,13-14H,5-8H2,1-4H3. The molecule has 0 saturated carbocycles. The van der Waals surface area contributed by atoms with Crippen molar-refractivity contribution in [3.8, 4) is 0 Å². The first kappa shape index (κ1) is 12.9. The molecular formula is C12H25NO2. The Morgan fingerprint density at radius 1 is 1.47 bits per heavy atom. The van der Waals surface area contributed by atoms with Gasteiger partial charge >= 0.3 is 0 Å². The molecule has 1 fully saturated rings. The molecule has 1 saturated heterocycles. The van der Waals surface area contributed by atoms with E-state index in [9.17, 15) is 5.11 Å². The Labute approximate surface area is 93.2 Å². The lowest BCUT2D eigenvalue weighted by molar-refractivity contribution is -0.0154. The van der Waals surface area contributed by atoms with Gasteiger partial charge in [0.1, 0.15) is 0 Å². The van der Waals surface area contributed by atoms with E-state index in [2.05, 4.69) is 26.1 Å². The highest BCUT2D eigenvalue weighted by atomic mass is 16.5. The van der Waals surface area contributed by atoms with Crippen molar-refractivity contribution in [1.29, 1.82) is 0 Å². The zero-order valence-electron chi connectivity index (χ0n) is 10.4. The lowest BCUT2D eigenvalue weighted by Gasteiger charge is -2.21. The molecule has 0 aromatic carbocycles. The molecule has 1 aliphatic rings. The van der Waals surface area contributed by atoms with Crippen LogP contribution in [-0.2, 0) is 4.74 Å². The van der Waals surface area contributed by atoms with Crippen LogP contribution in [0.5, 0.6) is 0 Å². The minimum Gasteiger partial charge on any atom is -0.393 e. The number of aliphatic hydroxyl groups excluding tert-OH is 1. The summed E-state index contributed by atoms with van der Waals surface area (Å²) in [5.41, 5.74) is 0.0554. The lowest BCUT2D eigenvalue weighted by Crippen LogP contribution is -2.36. The molecule has 3 nitrogen and oxygen atoms in total. The van der Waals surface area contributed by atoms with Crippen LogP contribution < -0.4 is 5.32 Å². The molecule has 3 unspecified atom stereocenters. The summed E-state index contributed by atoms with van der Waals surface area (Å²) in [6, 6.07) is 0.359. The van der Waals surface area contributed by atoms with Crippen LogP contribution in [0, 0.1) is 0 Å². The largest absolute Gasteiger partial charge is 0.393 e. The topological polar surface area (TPSA) is 41.5 Å². The predicted octanol–water partition coefficient (Wildman–Crippen LogP) is 1.69. The van der Waals surface area contributed by atoms with Gasteiger partial charge in [0.25, 0.3) is 0 Å². The van der Waals surface area contributed by atoms with Gasteiger partial charge in [0.15, 0.2) is 0 Å². The smallest absolute Gasteiger partial charge is 0.0707 e. The number of hydrogen-bond donors (Lipinski definition) is 2. The van der Waals surface area contributed by atoms with Gasteiger partial charge in [-0.25, -0.2) is 0 Å². The van der Waals surface area contributed by atoms with E-state index in [1.807, 2.05) is 6.92 Å². The Kier molecular flexibility index (Phi) is 4.56. The molecule has 0 aromatic heterocycles. The fourth-order valence-corrected chi connectivity index (χ4v) is 2.15. The maximum atomic E-state index is 9.23. The van der Waals surface area contributed by atoms with E-state index < -0.39 is 0 Å². The summed E-state index contributed by atoms with van der Waals surface area (Å²) in [5, 5.41) is 12.6. The Morgan fingerprint density at radius 2 is 2.13 bits per heavy atom. The summed E-state index contributed by atoms with van der Waals surface area (Å²) >= 11 is 0. The fourth-order valence-electron chi connectivity index (χ4n) is 2.15. The number of aliphatic hydroxyl groups is 1. The summed E-state index contributed by atoms with van der Waals surface area (Å²) in [6.45, 7) is 9.12. The van der Waals surface area contributed by atoms with Crippen molar-refractivity contribution in [3.05, 3.63) is 0 Å². The van der Waals surface area contributed by atoms with Gasteiger partial charge in [0.2, 0.25) is 0 Å². The Morgan fingerprint density at radius 3 is 2.60 bits per heavy atom. The first-order valence-corrected chi connectivity index (χ1v) is 5.98. The fraction of sp³-hybridized carbons (Fsp3) is 1.00. The molecule has 1 aliphatic heterocycles. The van der Waals surface area contributed by atoms with E-state index in [-0.39, 0.29) is 11.7 Å². The highest BCUT2D eigenvalue weighted by Gasteiger charge is 2.31. The van der Waals surface area contributed by atoms with Gasteiger partial charge in [0, 0.05) is 12.6 Å². The molecule has 1 rings (SSSR count). The van der Waals surface area contributed by atoms with Gasteiger partial charge in [0.05, 0.1) is 17.8 Å². The third kappa shape index (κ3) is 4.96. The molecule has 15 heavy (non-hydrogen) atoms. The maximum Gasteiger partial charge on any atom is 0.0707 e. The van der Waals surface area contributed by atoms with Crippen molar-refractivity contribution >= 4 is 0 Å². The number of nitrogens with one attached hydrogen (secondary N) is 1. The second-order valence-electron chi connectivity index (χ2n) is 5.43. The van der Waals surface area contributed by atoms with Crippen LogP contribution in [0.3, 0.4) is 0 Å². The average molecular weight is 215 g/mol. The molecule has 0 bridgehead atoms. The Hall–Kier alpha value is -0.120. The summed E-state index contributed by atoms with van der Waals surface area (Å²) in [5.74, 6) is 0. The van der Waals surface area contributed by atoms with Crippen molar-refractivity contribution in [2.24, 2.45) is 0 Å². The van der Waals surface area contributed by atoms with Gasteiger partial charge < -0.3 is 15.2 Å². The molecule has 0 amide bonds.